The lowest BCUT2D eigenvalue weighted by atomic mass is 10.1. The van der Waals surface area contributed by atoms with Crippen LogP contribution in [-0.2, 0) is 13.0 Å². The van der Waals surface area contributed by atoms with E-state index in [9.17, 15) is 4.79 Å². The van der Waals surface area contributed by atoms with E-state index in [0.717, 1.165) is 41.2 Å². The second kappa shape index (κ2) is 10.5. The molecule has 168 valence electrons. The highest BCUT2D eigenvalue weighted by molar-refractivity contribution is 6.31. The molecule has 0 radical (unpaired) electrons. The molecule has 0 atom stereocenters. The van der Waals surface area contributed by atoms with Crippen LogP contribution in [0.5, 0.6) is 0 Å². The molecule has 0 spiro atoms. The number of carbonyl (C=O) groups is 1. The molecule has 7 heteroatoms. The van der Waals surface area contributed by atoms with Crippen molar-refractivity contribution in [1.82, 2.24) is 15.1 Å². The Morgan fingerprint density at radius 3 is 2.59 bits per heavy atom. The van der Waals surface area contributed by atoms with Gasteiger partial charge in [-0.05, 0) is 76.4 Å². The summed E-state index contributed by atoms with van der Waals surface area (Å²) in [6.07, 6.45) is 0.734. The molecule has 0 saturated carbocycles. The molecule has 0 unspecified atom stereocenters. The van der Waals surface area contributed by atoms with Crippen molar-refractivity contribution < 1.29 is 4.79 Å². The number of benzene rings is 2. The standard InChI is InChI=1S/C25H30ClN5O/c1-6-31-19(5)22(18(4)30-31)12-13-27-25(28-23-15-21(26)11-10-17(23)3)29-24(32)20-9-7-8-16(2)14-20/h7-11,14-15H,6,12-13H2,1-5H3,(H2,27,28,29,32). The third kappa shape index (κ3) is 5.77. The number of hydrogen-bond acceptors (Lipinski definition) is 3. The largest absolute Gasteiger partial charge is 0.326 e. The number of aryl methyl sites for hydroxylation is 4. The number of rotatable bonds is 6. The monoisotopic (exact) mass is 451 g/mol. The van der Waals surface area contributed by atoms with Gasteiger partial charge < -0.3 is 5.32 Å². The van der Waals surface area contributed by atoms with Crippen molar-refractivity contribution in [1.29, 1.82) is 0 Å². The third-order valence-corrected chi connectivity index (χ3v) is 5.66. The Morgan fingerprint density at radius 1 is 1.12 bits per heavy atom. The minimum absolute atomic E-state index is 0.217. The highest BCUT2D eigenvalue weighted by atomic mass is 35.5. The van der Waals surface area contributed by atoms with Gasteiger partial charge in [-0.15, -0.1) is 0 Å². The van der Waals surface area contributed by atoms with E-state index in [-0.39, 0.29) is 5.91 Å². The van der Waals surface area contributed by atoms with Gasteiger partial charge in [0.1, 0.15) is 0 Å². The predicted molar refractivity (Wildman–Crippen MR) is 132 cm³/mol. The van der Waals surface area contributed by atoms with E-state index in [1.54, 1.807) is 6.07 Å². The lowest BCUT2D eigenvalue weighted by Crippen LogP contribution is -2.36. The molecule has 0 aliphatic rings. The number of hydrogen-bond donors (Lipinski definition) is 2. The summed E-state index contributed by atoms with van der Waals surface area (Å²) in [5, 5.41) is 11.4. The van der Waals surface area contributed by atoms with Crippen molar-refractivity contribution in [3.63, 3.8) is 0 Å². The zero-order valence-electron chi connectivity index (χ0n) is 19.3. The fourth-order valence-corrected chi connectivity index (χ4v) is 3.79. The van der Waals surface area contributed by atoms with Gasteiger partial charge in [0.15, 0.2) is 0 Å². The van der Waals surface area contributed by atoms with Gasteiger partial charge in [0.2, 0.25) is 5.96 Å². The van der Waals surface area contributed by atoms with Gasteiger partial charge in [0, 0.05) is 35.1 Å². The first kappa shape index (κ1) is 23.5. The molecule has 3 rings (SSSR count). The molecule has 2 N–H and O–H groups in total. The van der Waals surface area contributed by atoms with E-state index in [1.807, 2.05) is 61.9 Å². The lowest BCUT2D eigenvalue weighted by Gasteiger charge is -2.14. The number of amides is 1. The average Bonchev–Trinajstić information content (AvgIpc) is 3.03. The zero-order valence-corrected chi connectivity index (χ0v) is 20.0. The summed E-state index contributed by atoms with van der Waals surface area (Å²) in [7, 11) is 0. The van der Waals surface area contributed by atoms with Crippen LogP contribution in [0.3, 0.4) is 0 Å². The molecular weight excluding hydrogens is 422 g/mol. The maximum absolute atomic E-state index is 12.9. The fourth-order valence-electron chi connectivity index (χ4n) is 3.62. The summed E-state index contributed by atoms with van der Waals surface area (Å²) in [5.41, 5.74) is 6.77. The molecule has 2 aromatic carbocycles. The van der Waals surface area contributed by atoms with E-state index < -0.39 is 0 Å². The molecule has 3 aromatic rings. The van der Waals surface area contributed by atoms with Gasteiger partial charge in [-0.3, -0.25) is 19.8 Å². The zero-order chi connectivity index (χ0) is 23.3. The lowest BCUT2D eigenvalue weighted by molar-refractivity contribution is 0.0977. The summed E-state index contributed by atoms with van der Waals surface area (Å²) in [6, 6.07) is 13.1. The van der Waals surface area contributed by atoms with E-state index in [2.05, 4.69) is 34.6 Å². The molecule has 32 heavy (non-hydrogen) atoms. The van der Waals surface area contributed by atoms with Gasteiger partial charge in [-0.1, -0.05) is 35.4 Å². The van der Waals surface area contributed by atoms with Crippen molar-refractivity contribution in [2.75, 3.05) is 11.9 Å². The van der Waals surface area contributed by atoms with E-state index in [1.165, 1.54) is 5.56 Å². The first-order valence-electron chi connectivity index (χ1n) is 10.8. The first-order chi connectivity index (χ1) is 15.3. The number of aliphatic imine (C=N–C) groups is 1. The molecule has 1 aromatic heterocycles. The van der Waals surface area contributed by atoms with Crippen LogP contribution >= 0.6 is 11.6 Å². The van der Waals surface area contributed by atoms with Crippen molar-refractivity contribution in [3.8, 4) is 0 Å². The van der Waals surface area contributed by atoms with Crippen LogP contribution in [0.15, 0.2) is 47.5 Å². The Morgan fingerprint density at radius 2 is 1.91 bits per heavy atom. The van der Waals surface area contributed by atoms with Crippen LogP contribution in [0.1, 0.15) is 45.4 Å². The van der Waals surface area contributed by atoms with Crippen LogP contribution in [0.25, 0.3) is 0 Å². The molecule has 1 amide bonds. The third-order valence-electron chi connectivity index (χ3n) is 5.43. The van der Waals surface area contributed by atoms with Crippen molar-refractivity contribution in [3.05, 3.63) is 81.1 Å². The van der Waals surface area contributed by atoms with Gasteiger partial charge >= 0.3 is 0 Å². The predicted octanol–water partition coefficient (Wildman–Crippen LogP) is 5.23. The number of anilines is 1. The summed E-state index contributed by atoms with van der Waals surface area (Å²) >= 11 is 6.18. The Bertz CT molecular complexity index is 1150. The van der Waals surface area contributed by atoms with Crippen LogP contribution in [0.2, 0.25) is 5.02 Å². The Hall–Kier alpha value is -3.12. The molecule has 0 aliphatic carbocycles. The summed E-state index contributed by atoms with van der Waals surface area (Å²) in [4.78, 5) is 17.5. The molecule has 0 fully saturated rings. The highest BCUT2D eigenvalue weighted by Gasteiger charge is 2.13. The smallest absolute Gasteiger partial charge is 0.257 e. The number of carbonyl (C=O) groups excluding carboxylic acids is 1. The number of aromatic nitrogens is 2. The van der Waals surface area contributed by atoms with Crippen LogP contribution in [-0.4, -0.2) is 28.2 Å². The van der Waals surface area contributed by atoms with E-state index >= 15 is 0 Å². The first-order valence-corrected chi connectivity index (χ1v) is 11.1. The number of nitrogens with zero attached hydrogens (tertiary/aromatic N) is 3. The fraction of sp³-hybridized carbons (Fsp3) is 0.320. The average molecular weight is 452 g/mol. The molecule has 0 bridgehead atoms. The van der Waals surface area contributed by atoms with Gasteiger partial charge in [-0.25, -0.2) is 0 Å². The summed E-state index contributed by atoms with van der Waals surface area (Å²) < 4.78 is 2.00. The topological polar surface area (TPSA) is 71.3 Å². The SMILES string of the molecule is CCn1nc(C)c(CCN=C(NC(=O)c2cccc(C)c2)Nc2cc(Cl)ccc2C)c1C. The Kier molecular flexibility index (Phi) is 7.70. The molecule has 0 aliphatic heterocycles. The van der Waals surface area contributed by atoms with Crippen molar-refractivity contribution >= 4 is 29.2 Å². The minimum Gasteiger partial charge on any atom is -0.326 e. The van der Waals surface area contributed by atoms with Crippen molar-refractivity contribution in [2.24, 2.45) is 4.99 Å². The van der Waals surface area contributed by atoms with Crippen LogP contribution in [0.4, 0.5) is 5.69 Å². The number of guanidine groups is 1. The Labute approximate surface area is 194 Å². The molecule has 1 heterocycles. The Balaban J connectivity index is 1.83. The number of halogens is 1. The van der Waals surface area contributed by atoms with E-state index in [0.29, 0.717) is 23.1 Å². The summed E-state index contributed by atoms with van der Waals surface area (Å²) in [5.74, 6) is 0.172. The molecular formula is C25H30ClN5O. The van der Waals surface area contributed by atoms with Crippen LogP contribution < -0.4 is 10.6 Å². The highest BCUT2D eigenvalue weighted by Crippen LogP contribution is 2.20. The molecule has 6 nitrogen and oxygen atoms in total. The molecule has 0 saturated heterocycles. The maximum atomic E-state index is 12.9. The second-order valence-electron chi connectivity index (χ2n) is 7.85. The summed E-state index contributed by atoms with van der Waals surface area (Å²) in [6.45, 7) is 11.5. The minimum atomic E-state index is -0.217. The van der Waals surface area contributed by atoms with Crippen LogP contribution in [0, 0.1) is 27.7 Å². The maximum Gasteiger partial charge on any atom is 0.257 e. The quantitative estimate of drug-likeness (QED) is 0.398. The van der Waals surface area contributed by atoms with Gasteiger partial charge in [-0.2, -0.15) is 5.10 Å². The van der Waals surface area contributed by atoms with E-state index in [4.69, 9.17) is 11.6 Å². The van der Waals surface area contributed by atoms with Crippen molar-refractivity contribution in [2.45, 2.75) is 47.6 Å². The van der Waals surface area contributed by atoms with Gasteiger partial charge in [0.05, 0.1) is 5.69 Å². The normalized spacial score (nSPS) is 11.5. The number of nitrogens with one attached hydrogen (secondary N) is 2. The van der Waals surface area contributed by atoms with Gasteiger partial charge in [0.25, 0.3) is 5.91 Å². The second-order valence-corrected chi connectivity index (χ2v) is 8.29.